The Bertz CT molecular complexity index is 358. The second-order valence-electron chi connectivity index (χ2n) is 5.06. The Morgan fingerprint density at radius 2 is 1.65 bits per heavy atom. The van der Waals surface area contributed by atoms with Crippen LogP contribution in [-0.2, 0) is 14.4 Å². The minimum atomic E-state index is -0.784. The largest absolute Gasteiger partial charge is 0.481 e. The molecule has 0 aliphatic carbocycles. The highest BCUT2D eigenvalue weighted by Gasteiger charge is 2.27. The molecule has 1 aliphatic heterocycles. The van der Waals surface area contributed by atoms with Crippen LogP contribution in [0.1, 0.15) is 39.5 Å². The minimum Gasteiger partial charge on any atom is -0.481 e. The summed E-state index contributed by atoms with van der Waals surface area (Å²) in [6.45, 7) is 6.12. The van der Waals surface area contributed by atoms with Crippen molar-refractivity contribution in [1.82, 2.24) is 9.80 Å². The van der Waals surface area contributed by atoms with E-state index in [1.54, 1.807) is 9.80 Å². The van der Waals surface area contributed by atoms with E-state index >= 15 is 0 Å². The molecule has 0 saturated carbocycles. The Morgan fingerprint density at radius 3 is 2.10 bits per heavy atom. The molecule has 20 heavy (non-hydrogen) atoms. The number of aliphatic carboxylic acids is 1. The van der Waals surface area contributed by atoms with E-state index in [-0.39, 0.29) is 30.6 Å². The van der Waals surface area contributed by atoms with Crippen LogP contribution in [0.15, 0.2) is 0 Å². The Balaban J connectivity index is 2.34. The lowest BCUT2D eigenvalue weighted by Gasteiger charge is -2.30. The second-order valence-corrected chi connectivity index (χ2v) is 5.06. The lowest BCUT2D eigenvalue weighted by Crippen LogP contribution is -2.40. The monoisotopic (exact) mass is 284 g/mol. The van der Waals surface area contributed by atoms with Gasteiger partial charge in [-0.05, 0) is 26.7 Å². The molecular formula is C14H24N2O4. The maximum Gasteiger partial charge on any atom is 0.306 e. The highest BCUT2D eigenvalue weighted by molar-refractivity contribution is 5.84. The summed E-state index contributed by atoms with van der Waals surface area (Å²) in [5.74, 6) is -1.16. The number of amides is 2. The molecule has 0 aromatic heterocycles. The molecule has 1 saturated heterocycles. The van der Waals surface area contributed by atoms with Gasteiger partial charge in [-0.3, -0.25) is 14.4 Å². The summed E-state index contributed by atoms with van der Waals surface area (Å²) in [6, 6.07) is 0. The van der Waals surface area contributed by atoms with E-state index in [2.05, 4.69) is 0 Å². The van der Waals surface area contributed by atoms with E-state index in [0.717, 1.165) is 0 Å². The van der Waals surface area contributed by atoms with Crippen LogP contribution in [0, 0.1) is 5.92 Å². The maximum absolute atomic E-state index is 12.0. The molecular weight excluding hydrogens is 260 g/mol. The van der Waals surface area contributed by atoms with Crippen LogP contribution in [0.25, 0.3) is 0 Å². The van der Waals surface area contributed by atoms with Gasteiger partial charge in [0.2, 0.25) is 11.8 Å². The summed E-state index contributed by atoms with van der Waals surface area (Å²) in [7, 11) is 0. The van der Waals surface area contributed by atoms with Crippen LogP contribution >= 0.6 is 0 Å². The Labute approximate surface area is 119 Å². The molecule has 0 aromatic rings. The van der Waals surface area contributed by atoms with Gasteiger partial charge < -0.3 is 14.9 Å². The van der Waals surface area contributed by atoms with Gasteiger partial charge in [0.15, 0.2) is 0 Å². The van der Waals surface area contributed by atoms with Gasteiger partial charge in [-0.15, -0.1) is 0 Å². The summed E-state index contributed by atoms with van der Waals surface area (Å²) in [4.78, 5) is 38.0. The molecule has 1 aliphatic rings. The summed E-state index contributed by atoms with van der Waals surface area (Å²) < 4.78 is 0. The smallest absolute Gasteiger partial charge is 0.306 e. The van der Waals surface area contributed by atoms with Gasteiger partial charge in [-0.1, -0.05) is 0 Å². The first kappa shape index (κ1) is 16.5. The number of carbonyl (C=O) groups excluding carboxylic acids is 2. The SMILES string of the molecule is CCN(CC)C(=O)CCC(=O)N1CCC(C(=O)O)CC1. The molecule has 6 heteroatoms. The fourth-order valence-corrected chi connectivity index (χ4v) is 2.48. The third-order valence-electron chi connectivity index (χ3n) is 3.87. The number of likely N-dealkylation sites (tertiary alicyclic amines) is 1. The standard InChI is InChI=1S/C14H24N2O4/c1-3-15(4-2)12(17)5-6-13(18)16-9-7-11(8-10-16)14(19)20/h11H,3-10H2,1-2H3,(H,19,20). The normalized spacial score (nSPS) is 16.0. The Morgan fingerprint density at radius 1 is 1.10 bits per heavy atom. The maximum atomic E-state index is 12.0. The molecule has 0 spiro atoms. The number of rotatable bonds is 6. The number of hydrogen-bond acceptors (Lipinski definition) is 3. The van der Waals surface area contributed by atoms with Crippen molar-refractivity contribution >= 4 is 17.8 Å². The molecule has 6 nitrogen and oxygen atoms in total. The zero-order valence-corrected chi connectivity index (χ0v) is 12.3. The van der Waals surface area contributed by atoms with Crippen molar-refractivity contribution in [1.29, 1.82) is 0 Å². The van der Waals surface area contributed by atoms with Gasteiger partial charge in [-0.2, -0.15) is 0 Å². The average Bonchev–Trinajstić information content (AvgIpc) is 2.46. The van der Waals surface area contributed by atoms with Gasteiger partial charge in [-0.25, -0.2) is 0 Å². The van der Waals surface area contributed by atoms with E-state index in [1.807, 2.05) is 13.8 Å². The first-order chi connectivity index (χ1) is 9.49. The summed E-state index contributed by atoms with van der Waals surface area (Å²) in [5.41, 5.74) is 0. The zero-order valence-electron chi connectivity index (χ0n) is 12.3. The molecule has 0 aromatic carbocycles. The van der Waals surface area contributed by atoms with Crippen molar-refractivity contribution in [2.24, 2.45) is 5.92 Å². The van der Waals surface area contributed by atoms with Crippen LogP contribution in [0.2, 0.25) is 0 Å². The molecule has 1 heterocycles. The molecule has 2 amide bonds. The highest BCUT2D eigenvalue weighted by atomic mass is 16.4. The van der Waals surface area contributed by atoms with E-state index in [0.29, 0.717) is 39.0 Å². The lowest BCUT2D eigenvalue weighted by molar-refractivity contribution is -0.145. The first-order valence-electron chi connectivity index (χ1n) is 7.27. The van der Waals surface area contributed by atoms with Crippen molar-refractivity contribution < 1.29 is 19.5 Å². The zero-order chi connectivity index (χ0) is 15.1. The van der Waals surface area contributed by atoms with Crippen molar-refractivity contribution in [2.75, 3.05) is 26.2 Å². The topological polar surface area (TPSA) is 77.9 Å². The van der Waals surface area contributed by atoms with Crippen molar-refractivity contribution in [3.8, 4) is 0 Å². The molecule has 114 valence electrons. The third kappa shape index (κ3) is 4.51. The fraction of sp³-hybridized carbons (Fsp3) is 0.786. The van der Waals surface area contributed by atoms with Gasteiger partial charge in [0, 0.05) is 39.0 Å². The number of nitrogens with zero attached hydrogens (tertiary/aromatic N) is 2. The van der Waals surface area contributed by atoms with Gasteiger partial charge in [0.25, 0.3) is 0 Å². The predicted molar refractivity (Wildman–Crippen MR) is 74.1 cm³/mol. The summed E-state index contributed by atoms with van der Waals surface area (Å²) in [5, 5.41) is 8.90. The van der Waals surface area contributed by atoms with Crippen LogP contribution in [0.3, 0.4) is 0 Å². The predicted octanol–water partition coefficient (Wildman–Crippen LogP) is 0.958. The van der Waals surface area contributed by atoms with Gasteiger partial charge in [0.05, 0.1) is 5.92 Å². The first-order valence-corrected chi connectivity index (χ1v) is 7.27. The van der Waals surface area contributed by atoms with E-state index < -0.39 is 5.97 Å². The summed E-state index contributed by atoms with van der Waals surface area (Å²) in [6.07, 6.45) is 1.46. The number of carboxylic acid groups (broad SMARTS) is 1. The molecule has 1 N–H and O–H groups in total. The molecule has 0 atom stereocenters. The Hall–Kier alpha value is -1.59. The highest BCUT2D eigenvalue weighted by Crippen LogP contribution is 2.18. The third-order valence-corrected chi connectivity index (χ3v) is 3.87. The average molecular weight is 284 g/mol. The van der Waals surface area contributed by atoms with Crippen LogP contribution in [0.5, 0.6) is 0 Å². The van der Waals surface area contributed by atoms with Crippen molar-refractivity contribution in [2.45, 2.75) is 39.5 Å². The van der Waals surface area contributed by atoms with Crippen molar-refractivity contribution in [3.05, 3.63) is 0 Å². The van der Waals surface area contributed by atoms with Gasteiger partial charge in [0.1, 0.15) is 0 Å². The molecule has 1 fully saturated rings. The second kappa shape index (κ2) is 7.87. The van der Waals surface area contributed by atoms with Gasteiger partial charge >= 0.3 is 5.97 Å². The molecule has 0 radical (unpaired) electrons. The fourth-order valence-electron chi connectivity index (χ4n) is 2.48. The number of piperidine rings is 1. The molecule has 0 bridgehead atoms. The molecule has 1 rings (SSSR count). The number of hydrogen-bond donors (Lipinski definition) is 1. The Kier molecular flexibility index (Phi) is 6.48. The van der Waals surface area contributed by atoms with E-state index in [9.17, 15) is 14.4 Å². The van der Waals surface area contributed by atoms with Crippen LogP contribution in [0.4, 0.5) is 0 Å². The van der Waals surface area contributed by atoms with Crippen LogP contribution in [-0.4, -0.2) is 58.9 Å². The van der Waals surface area contributed by atoms with Crippen molar-refractivity contribution in [3.63, 3.8) is 0 Å². The quantitative estimate of drug-likeness (QED) is 0.788. The molecule has 0 unspecified atom stereocenters. The van der Waals surface area contributed by atoms with Crippen LogP contribution < -0.4 is 0 Å². The number of carboxylic acids is 1. The lowest BCUT2D eigenvalue weighted by atomic mass is 9.97. The van der Waals surface area contributed by atoms with E-state index in [4.69, 9.17) is 5.11 Å². The number of carbonyl (C=O) groups is 3. The summed E-state index contributed by atoms with van der Waals surface area (Å²) >= 11 is 0. The van der Waals surface area contributed by atoms with E-state index in [1.165, 1.54) is 0 Å². The minimum absolute atomic E-state index is 0.00349.